The summed E-state index contributed by atoms with van der Waals surface area (Å²) in [5, 5.41) is 5.31. The monoisotopic (exact) mass is 415 g/mol. The Morgan fingerprint density at radius 1 is 1.03 bits per heavy atom. The minimum absolute atomic E-state index is 0.245. The van der Waals surface area contributed by atoms with Crippen LogP contribution in [0.3, 0.4) is 0 Å². The Morgan fingerprint density at radius 2 is 1.70 bits per heavy atom. The molecule has 1 heterocycles. The van der Waals surface area contributed by atoms with E-state index in [4.69, 9.17) is 0 Å². The third kappa shape index (κ3) is 5.21. The largest absolute Gasteiger partial charge is 0.353 e. The van der Waals surface area contributed by atoms with Gasteiger partial charge in [-0.3, -0.25) is 14.5 Å². The van der Waals surface area contributed by atoms with Crippen molar-refractivity contribution < 1.29 is 18.4 Å². The van der Waals surface area contributed by atoms with Gasteiger partial charge >= 0.3 is 0 Å². The van der Waals surface area contributed by atoms with E-state index in [2.05, 4.69) is 27.7 Å². The zero-order valence-electron chi connectivity index (χ0n) is 17.3. The highest BCUT2D eigenvalue weighted by molar-refractivity contribution is 5.98. The number of rotatable bonds is 7. The molecule has 2 aromatic carbocycles. The quantitative estimate of drug-likeness (QED) is 0.731. The van der Waals surface area contributed by atoms with Crippen LogP contribution >= 0.6 is 0 Å². The van der Waals surface area contributed by atoms with Crippen LogP contribution in [0.1, 0.15) is 35.3 Å². The molecular formula is C23H27F2N3O2. The molecule has 1 aliphatic rings. The van der Waals surface area contributed by atoms with Crippen molar-refractivity contribution in [2.75, 3.05) is 19.6 Å². The van der Waals surface area contributed by atoms with E-state index in [0.717, 1.165) is 31.6 Å². The highest BCUT2D eigenvalue weighted by atomic mass is 19.1. The fraction of sp³-hybridized carbons (Fsp3) is 0.391. The summed E-state index contributed by atoms with van der Waals surface area (Å²) in [6.07, 6.45) is 0.975. The first kappa shape index (κ1) is 21.9. The van der Waals surface area contributed by atoms with Crippen molar-refractivity contribution in [2.24, 2.45) is 5.92 Å². The summed E-state index contributed by atoms with van der Waals surface area (Å²) in [6.45, 7) is 6.40. The molecule has 3 rings (SSSR count). The van der Waals surface area contributed by atoms with Gasteiger partial charge in [0, 0.05) is 26.2 Å². The van der Waals surface area contributed by atoms with Gasteiger partial charge in [0.05, 0.1) is 0 Å². The molecule has 5 nitrogen and oxygen atoms in total. The van der Waals surface area contributed by atoms with Gasteiger partial charge in [0.1, 0.15) is 23.2 Å². The lowest BCUT2D eigenvalue weighted by atomic mass is 10.00. The molecule has 0 bridgehead atoms. The zero-order chi connectivity index (χ0) is 21.7. The number of carbonyl (C=O) groups is 2. The zero-order valence-corrected chi connectivity index (χ0v) is 17.3. The summed E-state index contributed by atoms with van der Waals surface area (Å²) in [7, 11) is 0. The van der Waals surface area contributed by atoms with Gasteiger partial charge in [-0.25, -0.2) is 8.78 Å². The number of hydrogen-bond acceptors (Lipinski definition) is 3. The maximum Gasteiger partial charge on any atom is 0.257 e. The Kier molecular flexibility index (Phi) is 7.15. The molecule has 2 amide bonds. The molecule has 1 aliphatic heterocycles. The van der Waals surface area contributed by atoms with Crippen LogP contribution in [0, 0.1) is 17.6 Å². The third-order valence-corrected chi connectivity index (χ3v) is 5.36. The van der Waals surface area contributed by atoms with Crippen LogP contribution in [-0.4, -0.2) is 42.4 Å². The fourth-order valence-corrected chi connectivity index (χ4v) is 3.66. The van der Waals surface area contributed by atoms with E-state index in [1.807, 2.05) is 12.1 Å². The van der Waals surface area contributed by atoms with Crippen molar-refractivity contribution in [3.05, 3.63) is 70.8 Å². The lowest BCUT2D eigenvalue weighted by Gasteiger charge is -2.29. The molecule has 0 fully saturated rings. The Hall–Kier alpha value is -2.80. The van der Waals surface area contributed by atoms with Crippen molar-refractivity contribution in [3.63, 3.8) is 0 Å². The van der Waals surface area contributed by atoms with Gasteiger partial charge in [0.2, 0.25) is 5.91 Å². The molecule has 0 aromatic heterocycles. The summed E-state index contributed by atoms with van der Waals surface area (Å²) >= 11 is 0. The highest BCUT2D eigenvalue weighted by Gasteiger charge is 2.27. The van der Waals surface area contributed by atoms with Crippen LogP contribution in [-0.2, 0) is 17.8 Å². The molecule has 2 N–H and O–H groups in total. The van der Waals surface area contributed by atoms with E-state index in [1.54, 1.807) is 13.8 Å². The molecule has 1 unspecified atom stereocenters. The molecular weight excluding hydrogens is 388 g/mol. The second-order valence-electron chi connectivity index (χ2n) is 7.88. The molecule has 0 radical (unpaired) electrons. The van der Waals surface area contributed by atoms with Crippen LogP contribution in [0.2, 0.25) is 0 Å². The number of carbonyl (C=O) groups excluding carboxylic acids is 2. The Morgan fingerprint density at radius 3 is 2.37 bits per heavy atom. The maximum atomic E-state index is 13.9. The number of hydrogen-bond donors (Lipinski definition) is 2. The predicted octanol–water partition coefficient (Wildman–Crippen LogP) is 2.89. The van der Waals surface area contributed by atoms with Gasteiger partial charge in [-0.1, -0.05) is 44.2 Å². The molecule has 2 aromatic rings. The number of halogens is 2. The first-order valence-corrected chi connectivity index (χ1v) is 10.2. The summed E-state index contributed by atoms with van der Waals surface area (Å²) < 4.78 is 27.7. The van der Waals surface area contributed by atoms with Gasteiger partial charge < -0.3 is 10.6 Å². The van der Waals surface area contributed by atoms with Crippen molar-refractivity contribution >= 4 is 11.8 Å². The summed E-state index contributed by atoms with van der Waals surface area (Å²) in [6, 6.07) is 10.7. The van der Waals surface area contributed by atoms with E-state index < -0.39 is 29.1 Å². The third-order valence-electron chi connectivity index (χ3n) is 5.36. The number of amides is 2. The minimum atomic E-state index is -0.958. The molecule has 0 saturated heterocycles. The number of fused-ring (bicyclic) bond motifs is 1. The molecule has 0 aliphatic carbocycles. The summed E-state index contributed by atoms with van der Waals surface area (Å²) in [5.74, 6) is -3.47. The minimum Gasteiger partial charge on any atom is -0.353 e. The normalized spacial score (nSPS) is 14.8. The van der Waals surface area contributed by atoms with Gasteiger partial charge in [-0.15, -0.1) is 0 Å². The second-order valence-corrected chi connectivity index (χ2v) is 7.88. The first-order chi connectivity index (χ1) is 14.4. The Bertz CT molecular complexity index is 897. The SMILES string of the molecule is CC(C)C(NC(=O)c1c(F)cccc1F)C(=O)NCCN1CCc2ccccc2C1. The van der Waals surface area contributed by atoms with E-state index >= 15 is 0 Å². The Labute approximate surface area is 175 Å². The molecule has 1 atom stereocenters. The summed E-state index contributed by atoms with van der Waals surface area (Å²) in [4.78, 5) is 27.3. The van der Waals surface area contributed by atoms with Gasteiger partial charge in [0.15, 0.2) is 0 Å². The van der Waals surface area contributed by atoms with Crippen molar-refractivity contribution in [2.45, 2.75) is 32.9 Å². The average Bonchev–Trinajstić information content (AvgIpc) is 2.71. The van der Waals surface area contributed by atoms with E-state index in [9.17, 15) is 18.4 Å². The van der Waals surface area contributed by atoms with Crippen LogP contribution in [0.25, 0.3) is 0 Å². The molecule has 0 saturated carbocycles. The van der Waals surface area contributed by atoms with Gasteiger partial charge in [-0.05, 0) is 35.6 Å². The number of nitrogens with one attached hydrogen (secondary N) is 2. The standard InChI is InChI=1S/C23H27F2N3O2/c1-15(2)21(27-22(29)20-18(24)8-5-9-19(20)25)23(30)26-11-13-28-12-10-16-6-3-4-7-17(16)14-28/h3-9,15,21H,10-14H2,1-2H3,(H,26,30)(H,27,29). The lowest BCUT2D eigenvalue weighted by molar-refractivity contribution is -0.124. The maximum absolute atomic E-state index is 13.9. The van der Waals surface area contributed by atoms with Gasteiger partial charge in [-0.2, -0.15) is 0 Å². The molecule has 30 heavy (non-hydrogen) atoms. The van der Waals surface area contributed by atoms with E-state index in [1.165, 1.54) is 17.2 Å². The van der Waals surface area contributed by atoms with E-state index in [0.29, 0.717) is 13.1 Å². The van der Waals surface area contributed by atoms with Crippen molar-refractivity contribution in [3.8, 4) is 0 Å². The fourth-order valence-electron chi connectivity index (χ4n) is 3.66. The van der Waals surface area contributed by atoms with Crippen LogP contribution in [0.4, 0.5) is 8.78 Å². The highest BCUT2D eigenvalue weighted by Crippen LogP contribution is 2.18. The number of benzene rings is 2. The van der Waals surface area contributed by atoms with E-state index in [-0.39, 0.29) is 11.8 Å². The lowest BCUT2D eigenvalue weighted by Crippen LogP contribution is -2.51. The molecule has 160 valence electrons. The van der Waals surface area contributed by atoms with Crippen LogP contribution in [0.15, 0.2) is 42.5 Å². The molecule has 7 heteroatoms. The molecule has 0 spiro atoms. The van der Waals surface area contributed by atoms with Gasteiger partial charge in [0.25, 0.3) is 5.91 Å². The summed E-state index contributed by atoms with van der Waals surface area (Å²) in [5.41, 5.74) is 1.98. The predicted molar refractivity (Wildman–Crippen MR) is 111 cm³/mol. The topological polar surface area (TPSA) is 61.4 Å². The van der Waals surface area contributed by atoms with Crippen LogP contribution in [0.5, 0.6) is 0 Å². The second kappa shape index (κ2) is 9.80. The Balaban J connectivity index is 1.54. The first-order valence-electron chi connectivity index (χ1n) is 10.2. The smallest absolute Gasteiger partial charge is 0.257 e. The van der Waals surface area contributed by atoms with Crippen LogP contribution < -0.4 is 10.6 Å². The van der Waals surface area contributed by atoms with Crippen molar-refractivity contribution in [1.29, 1.82) is 0 Å². The number of nitrogens with zero attached hydrogens (tertiary/aromatic N) is 1. The van der Waals surface area contributed by atoms with Crippen molar-refractivity contribution in [1.82, 2.24) is 15.5 Å². The average molecular weight is 415 g/mol.